The van der Waals surface area contributed by atoms with Crippen LogP contribution in [0, 0.1) is 6.92 Å². The number of halogens is 1. The third-order valence-corrected chi connectivity index (χ3v) is 2.82. The fraction of sp³-hybridized carbons (Fsp3) is 0.214. The molecule has 88 valence electrons. The number of benzene rings is 1. The van der Waals surface area contributed by atoms with E-state index in [1.54, 1.807) is 6.20 Å². The Morgan fingerprint density at radius 1 is 1.18 bits per heavy atom. The fourth-order valence-electron chi connectivity index (χ4n) is 1.65. The van der Waals surface area contributed by atoms with Gasteiger partial charge in [-0.25, -0.2) is 0 Å². The Kier molecular flexibility index (Phi) is 3.99. The van der Waals surface area contributed by atoms with Crippen molar-refractivity contribution in [1.29, 1.82) is 0 Å². The average Bonchev–Trinajstić information content (AvgIpc) is 2.38. The van der Waals surface area contributed by atoms with Crippen molar-refractivity contribution in [3.05, 3.63) is 59.4 Å². The number of nitrogens with zero attached hydrogens (tertiary/aromatic N) is 1. The number of aromatic nitrogens is 1. The summed E-state index contributed by atoms with van der Waals surface area (Å²) >= 11 is 5.89. The zero-order valence-corrected chi connectivity index (χ0v) is 10.4. The van der Waals surface area contributed by atoms with Gasteiger partial charge in [-0.2, -0.15) is 0 Å². The molecule has 1 heterocycles. The Bertz CT molecular complexity index is 485. The first kappa shape index (κ1) is 11.9. The number of ether oxygens (including phenoxy) is 1. The second-order valence-electron chi connectivity index (χ2n) is 3.81. The van der Waals surface area contributed by atoms with Crippen LogP contribution in [0.25, 0.3) is 0 Å². The predicted molar refractivity (Wildman–Crippen MR) is 69.3 cm³/mol. The molecule has 1 aromatic carbocycles. The lowest BCUT2D eigenvalue weighted by Gasteiger charge is -2.12. The van der Waals surface area contributed by atoms with Crippen LogP contribution in [0.4, 0.5) is 0 Å². The third kappa shape index (κ3) is 2.98. The van der Waals surface area contributed by atoms with Gasteiger partial charge in [0.15, 0.2) is 0 Å². The summed E-state index contributed by atoms with van der Waals surface area (Å²) in [6.07, 6.45) is 1.76. The Morgan fingerprint density at radius 3 is 2.76 bits per heavy atom. The molecule has 0 bridgehead atoms. The minimum Gasteiger partial charge on any atom is -0.487 e. The molecule has 0 saturated heterocycles. The van der Waals surface area contributed by atoms with E-state index in [0.29, 0.717) is 12.5 Å². The Morgan fingerprint density at radius 2 is 2.06 bits per heavy atom. The largest absolute Gasteiger partial charge is 0.487 e. The predicted octanol–water partition coefficient (Wildman–Crippen LogP) is 3.71. The molecular weight excluding hydrogens is 234 g/mol. The topological polar surface area (TPSA) is 22.1 Å². The van der Waals surface area contributed by atoms with Crippen LogP contribution >= 0.6 is 11.6 Å². The van der Waals surface area contributed by atoms with Gasteiger partial charge in [-0.15, -0.1) is 11.6 Å². The normalized spacial score (nSPS) is 10.2. The molecule has 0 atom stereocenters. The van der Waals surface area contributed by atoms with Gasteiger partial charge in [-0.05, 0) is 24.6 Å². The van der Waals surface area contributed by atoms with Crippen molar-refractivity contribution in [1.82, 2.24) is 4.98 Å². The van der Waals surface area contributed by atoms with Crippen LogP contribution in [0.1, 0.15) is 16.8 Å². The van der Waals surface area contributed by atoms with Gasteiger partial charge in [0.25, 0.3) is 0 Å². The van der Waals surface area contributed by atoms with E-state index in [9.17, 15) is 0 Å². The molecule has 0 N–H and O–H groups in total. The molecule has 2 nitrogen and oxygen atoms in total. The SMILES string of the molecule is Cc1cccc(CCl)c1OCc1ccccn1. The number of para-hydroxylation sites is 1. The maximum atomic E-state index is 5.89. The van der Waals surface area contributed by atoms with Crippen molar-refractivity contribution < 1.29 is 4.74 Å². The summed E-state index contributed by atoms with van der Waals surface area (Å²) in [4.78, 5) is 4.22. The van der Waals surface area contributed by atoms with E-state index in [1.165, 1.54) is 0 Å². The van der Waals surface area contributed by atoms with Gasteiger partial charge in [0.2, 0.25) is 0 Å². The minimum atomic E-state index is 0.458. The molecule has 17 heavy (non-hydrogen) atoms. The molecule has 2 rings (SSSR count). The monoisotopic (exact) mass is 247 g/mol. The van der Waals surface area contributed by atoms with Gasteiger partial charge >= 0.3 is 0 Å². The molecule has 1 aromatic heterocycles. The van der Waals surface area contributed by atoms with E-state index in [1.807, 2.05) is 43.3 Å². The highest BCUT2D eigenvalue weighted by Gasteiger charge is 2.06. The van der Waals surface area contributed by atoms with Crippen LogP contribution in [-0.4, -0.2) is 4.98 Å². The standard InChI is InChI=1S/C14H14ClNO/c1-11-5-4-6-12(9-15)14(11)17-10-13-7-2-3-8-16-13/h2-8H,9-10H2,1H3. The van der Waals surface area contributed by atoms with Crippen LogP contribution in [0.3, 0.4) is 0 Å². The highest BCUT2D eigenvalue weighted by molar-refractivity contribution is 6.17. The minimum absolute atomic E-state index is 0.458. The molecule has 0 fully saturated rings. The second-order valence-corrected chi connectivity index (χ2v) is 4.07. The lowest BCUT2D eigenvalue weighted by molar-refractivity contribution is 0.297. The van der Waals surface area contributed by atoms with Crippen molar-refractivity contribution in [3.63, 3.8) is 0 Å². The third-order valence-electron chi connectivity index (χ3n) is 2.53. The maximum Gasteiger partial charge on any atom is 0.130 e. The van der Waals surface area contributed by atoms with Gasteiger partial charge in [0, 0.05) is 11.8 Å². The molecule has 0 aliphatic carbocycles. The number of hydrogen-bond acceptors (Lipinski definition) is 2. The lowest BCUT2D eigenvalue weighted by atomic mass is 10.1. The second kappa shape index (κ2) is 5.69. The van der Waals surface area contributed by atoms with Crippen molar-refractivity contribution in [2.75, 3.05) is 0 Å². The molecule has 0 spiro atoms. The van der Waals surface area contributed by atoms with Crippen LogP contribution in [-0.2, 0) is 12.5 Å². The molecule has 0 unspecified atom stereocenters. The Balaban J connectivity index is 2.14. The van der Waals surface area contributed by atoms with Gasteiger partial charge < -0.3 is 4.74 Å². The summed E-state index contributed by atoms with van der Waals surface area (Å²) in [6.45, 7) is 2.49. The maximum absolute atomic E-state index is 5.89. The molecule has 0 saturated carbocycles. The van der Waals surface area contributed by atoms with Crippen molar-refractivity contribution in [3.8, 4) is 5.75 Å². The summed E-state index contributed by atoms with van der Waals surface area (Å²) in [5.41, 5.74) is 3.03. The van der Waals surface area contributed by atoms with E-state index in [0.717, 1.165) is 22.6 Å². The molecule has 3 heteroatoms. The molecule has 0 aliphatic rings. The van der Waals surface area contributed by atoms with Crippen molar-refractivity contribution >= 4 is 11.6 Å². The summed E-state index contributed by atoms with van der Waals surface area (Å²) in [7, 11) is 0. The first-order valence-corrected chi connectivity index (χ1v) is 6.02. The van der Waals surface area contributed by atoms with Crippen LogP contribution < -0.4 is 4.74 Å². The highest BCUT2D eigenvalue weighted by atomic mass is 35.5. The van der Waals surface area contributed by atoms with E-state index in [-0.39, 0.29) is 0 Å². The smallest absolute Gasteiger partial charge is 0.130 e. The van der Waals surface area contributed by atoms with Crippen LogP contribution in [0.15, 0.2) is 42.6 Å². The number of hydrogen-bond donors (Lipinski definition) is 0. The number of pyridine rings is 1. The summed E-state index contributed by atoms with van der Waals surface area (Å²) in [5, 5.41) is 0. The lowest BCUT2D eigenvalue weighted by Crippen LogP contribution is -2.01. The van der Waals surface area contributed by atoms with Gasteiger partial charge in [-0.1, -0.05) is 24.3 Å². The number of alkyl halides is 1. The van der Waals surface area contributed by atoms with E-state index >= 15 is 0 Å². The fourth-order valence-corrected chi connectivity index (χ4v) is 1.87. The zero-order chi connectivity index (χ0) is 12.1. The molecular formula is C14H14ClNO. The van der Waals surface area contributed by atoms with Gasteiger partial charge in [0.1, 0.15) is 12.4 Å². The van der Waals surface area contributed by atoms with E-state index in [2.05, 4.69) is 4.98 Å². The molecule has 0 amide bonds. The van der Waals surface area contributed by atoms with E-state index < -0.39 is 0 Å². The number of aryl methyl sites for hydroxylation is 1. The van der Waals surface area contributed by atoms with Crippen LogP contribution in [0.5, 0.6) is 5.75 Å². The van der Waals surface area contributed by atoms with Gasteiger partial charge in [-0.3, -0.25) is 4.98 Å². The molecule has 2 aromatic rings. The van der Waals surface area contributed by atoms with Crippen LogP contribution in [0.2, 0.25) is 0 Å². The summed E-state index contributed by atoms with van der Waals surface area (Å²) in [6, 6.07) is 11.8. The quantitative estimate of drug-likeness (QED) is 0.769. The highest BCUT2D eigenvalue weighted by Crippen LogP contribution is 2.25. The van der Waals surface area contributed by atoms with Crippen molar-refractivity contribution in [2.45, 2.75) is 19.4 Å². The Labute approximate surface area is 106 Å². The summed E-state index contributed by atoms with van der Waals surface area (Å²) in [5.74, 6) is 1.33. The summed E-state index contributed by atoms with van der Waals surface area (Å²) < 4.78 is 5.80. The first-order valence-electron chi connectivity index (χ1n) is 5.48. The molecule has 0 aliphatic heterocycles. The zero-order valence-electron chi connectivity index (χ0n) is 9.69. The Hall–Kier alpha value is -1.54. The van der Waals surface area contributed by atoms with Crippen molar-refractivity contribution in [2.24, 2.45) is 0 Å². The number of rotatable bonds is 4. The van der Waals surface area contributed by atoms with Gasteiger partial charge in [0.05, 0.1) is 11.6 Å². The average molecular weight is 248 g/mol. The molecule has 0 radical (unpaired) electrons. The first-order chi connectivity index (χ1) is 8.31. The van der Waals surface area contributed by atoms with E-state index in [4.69, 9.17) is 16.3 Å².